The van der Waals surface area contributed by atoms with Crippen molar-refractivity contribution in [2.24, 2.45) is 5.73 Å². The van der Waals surface area contributed by atoms with Crippen LogP contribution >= 0.6 is 0 Å². The van der Waals surface area contributed by atoms with Gasteiger partial charge < -0.3 is 15.4 Å². The summed E-state index contributed by atoms with van der Waals surface area (Å²) in [6.07, 6.45) is 1.28. The Morgan fingerprint density at radius 2 is 2.24 bits per heavy atom. The molecule has 4 heteroatoms. The van der Waals surface area contributed by atoms with E-state index in [9.17, 15) is 4.79 Å². The van der Waals surface area contributed by atoms with Gasteiger partial charge >= 0.3 is 0 Å². The molecule has 0 radical (unpaired) electrons. The van der Waals surface area contributed by atoms with Crippen LogP contribution in [0.15, 0.2) is 24.3 Å². The van der Waals surface area contributed by atoms with E-state index in [0.29, 0.717) is 32.7 Å². The molecule has 0 bridgehead atoms. The highest BCUT2D eigenvalue weighted by atomic mass is 16.5. The summed E-state index contributed by atoms with van der Waals surface area (Å²) in [7, 11) is 1.82. The van der Waals surface area contributed by atoms with Gasteiger partial charge in [0, 0.05) is 38.8 Å². The summed E-state index contributed by atoms with van der Waals surface area (Å²) in [5, 5.41) is 0. The highest BCUT2D eigenvalue weighted by Crippen LogP contribution is 2.08. The molecular weight excluding hydrogens is 264 g/mol. The fraction of sp³-hybridized carbons (Fsp3) is 0.471. The summed E-state index contributed by atoms with van der Waals surface area (Å²) >= 11 is 0. The average molecular weight is 288 g/mol. The van der Waals surface area contributed by atoms with Crippen molar-refractivity contribution in [3.05, 3.63) is 35.4 Å². The molecule has 0 spiro atoms. The van der Waals surface area contributed by atoms with Crippen LogP contribution in [0.2, 0.25) is 0 Å². The second-order valence-corrected chi connectivity index (χ2v) is 4.76. The van der Waals surface area contributed by atoms with Crippen molar-refractivity contribution in [1.29, 1.82) is 0 Å². The second-order valence-electron chi connectivity index (χ2n) is 4.76. The van der Waals surface area contributed by atoms with Crippen LogP contribution in [0.25, 0.3) is 0 Å². The van der Waals surface area contributed by atoms with Crippen LogP contribution in [0.4, 0.5) is 0 Å². The lowest BCUT2D eigenvalue weighted by Gasteiger charge is -2.17. The Bertz CT molecular complexity index is 503. The third-order valence-electron chi connectivity index (χ3n) is 2.99. The quantitative estimate of drug-likeness (QED) is 0.614. The number of carbonyl (C=O) groups excluding carboxylic acids is 1. The summed E-state index contributed by atoms with van der Waals surface area (Å²) in [5.41, 5.74) is 7.36. The molecule has 1 rings (SSSR count). The first-order valence-corrected chi connectivity index (χ1v) is 7.27. The fourth-order valence-corrected chi connectivity index (χ4v) is 1.92. The molecule has 114 valence electrons. The lowest BCUT2D eigenvalue weighted by atomic mass is 10.1. The number of amides is 1. The normalized spacial score (nSPS) is 9.86. The van der Waals surface area contributed by atoms with Crippen molar-refractivity contribution in [3.63, 3.8) is 0 Å². The number of ether oxygens (including phenoxy) is 1. The van der Waals surface area contributed by atoms with E-state index >= 15 is 0 Å². The molecule has 0 saturated carbocycles. The van der Waals surface area contributed by atoms with Crippen molar-refractivity contribution < 1.29 is 9.53 Å². The molecule has 2 N–H and O–H groups in total. The van der Waals surface area contributed by atoms with Crippen LogP contribution in [-0.4, -0.2) is 37.6 Å². The molecule has 0 aliphatic carbocycles. The number of rotatable bonds is 7. The molecule has 0 aliphatic rings. The zero-order valence-electron chi connectivity index (χ0n) is 12.9. The Hall–Kier alpha value is -1.83. The third kappa shape index (κ3) is 6.94. The van der Waals surface area contributed by atoms with E-state index in [1.165, 1.54) is 0 Å². The number of nitrogens with zero attached hydrogens (tertiary/aromatic N) is 1. The molecule has 0 atom stereocenters. The number of hydrogen-bond acceptors (Lipinski definition) is 3. The van der Waals surface area contributed by atoms with E-state index in [-0.39, 0.29) is 5.91 Å². The highest BCUT2D eigenvalue weighted by Gasteiger charge is 2.09. The van der Waals surface area contributed by atoms with Crippen molar-refractivity contribution >= 4 is 5.91 Å². The van der Waals surface area contributed by atoms with Gasteiger partial charge in [-0.3, -0.25) is 4.79 Å². The molecule has 0 aromatic heterocycles. The largest absolute Gasteiger partial charge is 0.382 e. The second kappa shape index (κ2) is 9.98. The summed E-state index contributed by atoms with van der Waals surface area (Å²) in [6, 6.07) is 7.88. The summed E-state index contributed by atoms with van der Waals surface area (Å²) < 4.78 is 5.24. The fourth-order valence-electron chi connectivity index (χ4n) is 1.92. The van der Waals surface area contributed by atoms with E-state index in [4.69, 9.17) is 10.5 Å². The van der Waals surface area contributed by atoms with Gasteiger partial charge in [0.25, 0.3) is 0 Å². The van der Waals surface area contributed by atoms with Crippen LogP contribution in [-0.2, 0) is 16.1 Å². The van der Waals surface area contributed by atoms with Gasteiger partial charge in [-0.25, -0.2) is 0 Å². The van der Waals surface area contributed by atoms with Gasteiger partial charge in [0.05, 0.1) is 6.54 Å². The monoisotopic (exact) mass is 288 g/mol. The third-order valence-corrected chi connectivity index (χ3v) is 2.99. The van der Waals surface area contributed by atoms with E-state index in [0.717, 1.165) is 17.5 Å². The molecule has 0 unspecified atom stereocenters. The lowest BCUT2D eigenvalue weighted by Crippen LogP contribution is -2.26. The Labute approximate surface area is 127 Å². The first kappa shape index (κ1) is 17.2. The van der Waals surface area contributed by atoms with Gasteiger partial charge in [-0.1, -0.05) is 24.0 Å². The Kier molecular flexibility index (Phi) is 8.18. The van der Waals surface area contributed by atoms with Crippen LogP contribution in [0.1, 0.15) is 30.9 Å². The molecular formula is C17H24N2O2. The first-order valence-electron chi connectivity index (χ1n) is 7.27. The minimum atomic E-state index is 0.133. The van der Waals surface area contributed by atoms with Crippen LogP contribution < -0.4 is 5.73 Å². The molecule has 0 saturated heterocycles. The van der Waals surface area contributed by atoms with E-state index in [1.807, 2.05) is 38.2 Å². The molecule has 1 aromatic carbocycles. The van der Waals surface area contributed by atoms with Gasteiger partial charge in [-0.2, -0.15) is 0 Å². The molecule has 21 heavy (non-hydrogen) atoms. The maximum Gasteiger partial charge on any atom is 0.222 e. The van der Waals surface area contributed by atoms with Crippen molar-refractivity contribution in [2.75, 3.05) is 26.8 Å². The summed E-state index contributed by atoms with van der Waals surface area (Å²) in [4.78, 5) is 13.7. The molecule has 0 fully saturated rings. The van der Waals surface area contributed by atoms with Crippen molar-refractivity contribution in [2.45, 2.75) is 26.3 Å². The summed E-state index contributed by atoms with van der Waals surface area (Å²) in [6.45, 7) is 4.23. The molecule has 1 amide bonds. The zero-order valence-corrected chi connectivity index (χ0v) is 12.9. The highest BCUT2D eigenvalue weighted by molar-refractivity contribution is 5.75. The van der Waals surface area contributed by atoms with Gasteiger partial charge in [-0.05, 0) is 31.0 Å². The van der Waals surface area contributed by atoms with E-state index in [2.05, 4.69) is 11.8 Å². The predicted octanol–water partition coefficient (Wildman–Crippen LogP) is 1.77. The number of benzene rings is 1. The van der Waals surface area contributed by atoms with Gasteiger partial charge in [-0.15, -0.1) is 0 Å². The van der Waals surface area contributed by atoms with Crippen molar-refractivity contribution in [1.82, 2.24) is 4.90 Å². The molecule has 0 aliphatic heterocycles. The van der Waals surface area contributed by atoms with Gasteiger partial charge in [0.15, 0.2) is 0 Å². The predicted molar refractivity (Wildman–Crippen MR) is 84.6 cm³/mol. The Morgan fingerprint density at radius 3 is 2.95 bits per heavy atom. The molecule has 1 aromatic rings. The van der Waals surface area contributed by atoms with Crippen molar-refractivity contribution in [3.8, 4) is 11.8 Å². The van der Waals surface area contributed by atoms with E-state index in [1.54, 1.807) is 4.90 Å². The van der Waals surface area contributed by atoms with Crippen LogP contribution in [0, 0.1) is 11.8 Å². The zero-order chi connectivity index (χ0) is 15.5. The number of hydrogen-bond donors (Lipinski definition) is 1. The molecule has 4 nitrogen and oxygen atoms in total. The minimum absolute atomic E-state index is 0.133. The van der Waals surface area contributed by atoms with E-state index < -0.39 is 0 Å². The minimum Gasteiger partial charge on any atom is -0.382 e. The number of nitrogens with two attached hydrogens (primary N) is 1. The lowest BCUT2D eigenvalue weighted by molar-refractivity contribution is -0.130. The van der Waals surface area contributed by atoms with Gasteiger partial charge in [0.1, 0.15) is 0 Å². The van der Waals surface area contributed by atoms with Gasteiger partial charge in [0.2, 0.25) is 5.91 Å². The smallest absolute Gasteiger partial charge is 0.222 e. The number of carbonyl (C=O) groups is 1. The maximum absolute atomic E-state index is 12.0. The van der Waals surface area contributed by atoms with Crippen LogP contribution in [0.5, 0.6) is 0 Å². The average Bonchev–Trinajstić information content (AvgIpc) is 2.49. The van der Waals surface area contributed by atoms with Crippen LogP contribution in [0.3, 0.4) is 0 Å². The topological polar surface area (TPSA) is 55.6 Å². The Morgan fingerprint density at radius 1 is 1.43 bits per heavy atom. The Balaban J connectivity index is 2.50. The standard InChI is InChI=1S/C17H24N2O2/c1-3-21-12-6-10-17(20)19(2)14-16-8-4-7-15(13-16)9-5-11-18/h4,7-8,13H,3,6,10-12,14,18H2,1-2H3. The first-order chi connectivity index (χ1) is 10.2. The summed E-state index contributed by atoms with van der Waals surface area (Å²) in [5.74, 6) is 5.96. The maximum atomic E-state index is 12.0. The molecule has 0 heterocycles. The SMILES string of the molecule is CCOCCCC(=O)N(C)Cc1cccc(C#CCN)c1.